The minimum Gasteiger partial charge on any atom is -0.376 e. The Labute approximate surface area is 148 Å². The number of halogens is 1. The molecule has 4 nitrogen and oxygen atoms in total. The zero-order chi connectivity index (χ0) is 17.6. The summed E-state index contributed by atoms with van der Waals surface area (Å²) in [6.45, 7) is 4.92. The van der Waals surface area contributed by atoms with Crippen LogP contribution in [0.3, 0.4) is 0 Å². The van der Waals surface area contributed by atoms with Crippen LogP contribution in [0.15, 0.2) is 48.5 Å². The van der Waals surface area contributed by atoms with Gasteiger partial charge in [-0.05, 0) is 30.2 Å². The summed E-state index contributed by atoms with van der Waals surface area (Å²) in [6, 6.07) is 14.8. The maximum absolute atomic E-state index is 13.9. The largest absolute Gasteiger partial charge is 0.376 e. The SMILES string of the molecule is CCc1ccccc1NCC(=O)N1CCN(c2ccccc2F)CC1. The minimum absolute atomic E-state index is 0.0825. The van der Waals surface area contributed by atoms with Gasteiger partial charge in [0, 0.05) is 31.9 Å². The summed E-state index contributed by atoms with van der Waals surface area (Å²) in [7, 11) is 0. The monoisotopic (exact) mass is 341 g/mol. The lowest BCUT2D eigenvalue weighted by Crippen LogP contribution is -2.50. The summed E-state index contributed by atoms with van der Waals surface area (Å²) >= 11 is 0. The van der Waals surface area contributed by atoms with Gasteiger partial charge in [-0.2, -0.15) is 0 Å². The van der Waals surface area contributed by atoms with Crippen LogP contribution < -0.4 is 10.2 Å². The second kappa shape index (κ2) is 8.01. The van der Waals surface area contributed by atoms with E-state index >= 15 is 0 Å². The Morgan fingerprint density at radius 1 is 1.04 bits per heavy atom. The number of hydrogen-bond donors (Lipinski definition) is 1. The van der Waals surface area contributed by atoms with Crippen molar-refractivity contribution in [1.29, 1.82) is 0 Å². The van der Waals surface area contributed by atoms with Gasteiger partial charge in [-0.3, -0.25) is 4.79 Å². The molecular weight excluding hydrogens is 317 g/mol. The van der Waals surface area contributed by atoms with Gasteiger partial charge in [-0.15, -0.1) is 0 Å². The second-order valence-electron chi connectivity index (χ2n) is 6.18. The van der Waals surface area contributed by atoms with E-state index in [-0.39, 0.29) is 18.3 Å². The molecule has 5 heteroatoms. The zero-order valence-corrected chi connectivity index (χ0v) is 14.5. The van der Waals surface area contributed by atoms with Crippen molar-refractivity contribution in [3.05, 3.63) is 59.9 Å². The molecular formula is C20H24FN3O. The number of carbonyl (C=O) groups is 1. The molecule has 132 valence electrons. The van der Waals surface area contributed by atoms with Crippen LogP contribution in [0.4, 0.5) is 15.8 Å². The summed E-state index contributed by atoms with van der Waals surface area (Å²) in [5.74, 6) is -0.126. The van der Waals surface area contributed by atoms with Crippen molar-refractivity contribution < 1.29 is 9.18 Å². The van der Waals surface area contributed by atoms with Crippen LogP contribution in [0, 0.1) is 5.82 Å². The van der Waals surface area contributed by atoms with Gasteiger partial charge in [0.05, 0.1) is 12.2 Å². The summed E-state index contributed by atoms with van der Waals surface area (Å²) in [4.78, 5) is 16.3. The van der Waals surface area contributed by atoms with Gasteiger partial charge in [-0.25, -0.2) is 4.39 Å². The topological polar surface area (TPSA) is 35.6 Å². The molecule has 0 saturated carbocycles. The molecule has 0 unspecified atom stereocenters. The van der Waals surface area contributed by atoms with E-state index < -0.39 is 0 Å². The molecule has 2 aromatic carbocycles. The quantitative estimate of drug-likeness (QED) is 0.907. The Bertz CT molecular complexity index is 726. The normalized spacial score (nSPS) is 14.5. The predicted octanol–water partition coefficient (Wildman–Crippen LogP) is 3.15. The van der Waals surface area contributed by atoms with Crippen molar-refractivity contribution in [3.8, 4) is 0 Å². The molecule has 2 aromatic rings. The smallest absolute Gasteiger partial charge is 0.241 e. The van der Waals surface area contributed by atoms with Crippen molar-refractivity contribution in [3.63, 3.8) is 0 Å². The molecule has 1 N–H and O–H groups in total. The lowest BCUT2D eigenvalue weighted by Gasteiger charge is -2.36. The first kappa shape index (κ1) is 17.3. The van der Waals surface area contributed by atoms with Crippen LogP contribution in [0.5, 0.6) is 0 Å². The maximum Gasteiger partial charge on any atom is 0.241 e. The number of nitrogens with one attached hydrogen (secondary N) is 1. The van der Waals surface area contributed by atoms with E-state index in [1.165, 1.54) is 11.6 Å². The molecule has 0 spiro atoms. The third kappa shape index (κ3) is 4.10. The van der Waals surface area contributed by atoms with E-state index in [4.69, 9.17) is 0 Å². The molecule has 1 saturated heterocycles. The van der Waals surface area contributed by atoms with E-state index in [0.717, 1.165) is 12.1 Å². The van der Waals surface area contributed by atoms with Crippen molar-refractivity contribution in [2.45, 2.75) is 13.3 Å². The molecule has 1 aliphatic heterocycles. The van der Waals surface area contributed by atoms with Crippen LogP contribution >= 0.6 is 0 Å². The molecule has 25 heavy (non-hydrogen) atoms. The average Bonchev–Trinajstić information content (AvgIpc) is 2.67. The molecule has 1 amide bonds. The standard InChI is InChI=1S/C20H24FN3O/c1-2-16-7-3-5-9-18(16)22-15-20(25)24-13-11-23(12-14-24)19-10-6-4-8-17(19)21/h3-10,22H,2,11-15H2,1H3. The van der Waals surface area contributed by atoms with Crippen molar-refractivity contribution in [2.24, 2.45) is 0 Å². The van der Waals surface area contributed by atoms with E-state index in [9.17, 15) is 9.18 Å². The number of piperazine rings is 1. The fraction of sp³-hybridized carbons (Fsp3) is 0.350. The van der Waals surface area contributed by atoms with E-state index in [2.05, 4.69) is 18.3 Å². The minimum atomic E-state index is -0.208. The highest BCUT2D eigenvalue weighted by molar-refractivity contribution is 5.81. The average molecular weight is 341 g/mol. The number of anilines is 2. The first-order valence-electron chi connectivity index (χ1n) is 8.78. The predicted molar refractivity (Wildman–Crippen MR) is 99.5 cm³/mol. The Morgan fingerprint density at radius 3 is 2.44 bits per heavy atom. The Hall–Kier alpha value is -2.56. The molecule has 0 aromatic heterocycles. The highest BCUT2D eigenvalue weighted by atomic mass is 19.1. The highest BCUT2D eigenvalue weighted by Crippen LogP contribution is 2.20. The van der Waals surface area contributed by atoms with E-state index in [1.807, 2.05) is 34.1 Å². The molecule has 1 heterocycles. The second-order valence-corrected chi connectivity index (χ2v) is 6.18. The molecule has 0 atom stereocenters. The van der Waals surface area contributed by atoms with Crippen LogP contribution in [-0.4, -0.2) is 43.5 Å². The first-order valence-corrected chi connectivity index (χ1v) is 8.78. The van der Waals surface area contributed by atoms with Gasteiger partial charge in [0.15, 0.2) is 0 Å². The van der Waals surface area contributed by atoms with Gasteiger partial charge in [0.1, 0.15) is 5.82 Å². The zero-order valence-electron chi connectivity index (χ0n) is 14.5. The number of amides is 1. The Balaban J connectivity index is 1.53. The first-order chi connectivity index (χ1) is 12.2. The molecule has 3 rings (SSSR count). The lowest BCUT2D eigenvalue weighted by atomic mass is 10.1. The molecule has 1 fully saturated rings. The van der Waals surface area contributed by atoms with Crippen molar-refractivity contribution in [1.82, 2.24) is 4.90 Å². The number of aryl methyl sites for hydroxylation is 1. The Kier molecular flexibility index (Phi) is 5.53. The van der Waals surface area contributed by atoms with Gasteiger partial charge < -0.3 is 15.1 Å². The van der Waals surface area contributed by atoms with Crippen LogP contribution in [0.25, 0.3) is 0 Å². The molecule has 0 radical (unpaired) electrons. The number of nitrogens with zero attached hydrogens (tertiary/aromatic N) is 2. The van der Waals surface area contributed by atoms with Crippen molar-refractivity contribution in [2.75, 3.05) is 42.9 Å². The third-order valence-corrected chi connectivity index (χ3v) is 4.65. The lowest BCUT2D eigenvalue weighted by molar-refractivity contribution is -0.129. The highest BCUT2D eigenvalue weighted by Gasteiger charge is 2.22. The van der Waals surface area contributed by atoms with Crippen LogP contribution in [0.1, 0.15) is 12.5 Å². The van der Waals surface area contributed by atoms with E-state index in [0.29, 0.717) is 31.9 Å². The third-order valence-electron chi connectivity index (χ3n) is 4.65. The molecule has 1 aliphatic rings. The van der Waals surface area contributed by atoms with Gasteiger partial charge in [0.2, 0.25) is 5.91 Å². The summed E-state index contributed by atoms with van der Waals surface area (Å²) in [5, 5.41) is 3.25. The van der Waals surface area contributed by atoms with Gasteiger partial charge in [0.25, 0.3) is 0 Å². The Morgan fingerprint density at radius 2 is 1.72 bits per heavy atom. The fourth-order valence-corrected chi connectivity index (χ4v) is 3.19. The molecule has 0 aliphatic carbocycles. The van der Waals surface area contributed by atoms with E-state index in [1.54, 1.807) is 12.1 Å². The van der Waals surface area contributed by atoms with Crippen molar-refractivity contribution >= 4 is 17.3 Å². The maximum atomic E-state index is 13.9. The number of benzene rings is 2. The van der Waals surface area contributed by atoms with Gasteiger partial charge >= 0.3 is 0 Å². The number of para-hydroxylation sites is 2. The summed E-state index contributed by atoms with van der Waals surface area (Å²) < 4.78 is 13.9. The number of hydrogen-bond acceptors (Lipinski definition) is 3. The number of rotatable bonds is 5. The summed E-state index contributed by atoms with van der Waals surface area (Å²) in [5.41, 5.74) is 2.84. The number of carbonyl (C=O) groups excluding carboxylic acids is 1. The van der Waals surface area contributed by atoms with Crippen LogP contribution in [0.2, 0.25) is 0 Å². The van der Waals surface area contributed by atoms with Crippen LogP contribution in [-0.2, 0) is 11.2 Å². The summed E-state index contributed by atoms with van der Waals surface area (Å²) in [6.07, 6.45) is 0.929. The molecule has 0 bridgehead atoms. The fourth-order valence-electron chi connectivity index (χ4n) is 3.19. The van der Waals surface area contributed by atoms with Gasteiger partial charge in [-0.1, -0.05) is 37.3 Å².